The minimum Gasteiger partial charge on any atom is -0.444 e. The van der Waals surface area contributed by atoms with Gasteiger partial charge in [0.15, 0.2) is 0 Å². The highest BCUT2D eigenvalue weighted by Crippen LogP contribution is 2.31. The largest absolute Gasteiger partial charge is 0.444 e. The van der Waals surface area contributed by atoms with Crippen LogP contribution in [0.25, 0.3) is 22.1 Å². The van der Waals surface area contributed by atoms with Gasteiger partial charge in [0.25, 0.3) is 0 Å². The highest BCUT2D eigenvalue weighted by molar-refractivity contribution is 6.01. The van der Waals surface area contributed by atoms with Gasteiger partial charge < -0.3 is 19.2 Å². The minimum absolute atomic E-state index is 0.0412. The van der Waals surface area contributed by atoms with E-state index in [4.69, 9.17) is 4.74 Å². The number of aromatic amines is 1. The van der Waals surface area contributed by atoms with Gasteiger partial charge in [-0.3, -0.25) is 9.69 Å². The third kappa shape index (κ3) is 3.69. The molecule has 5 heterocycles. The average Bonchev–Trinajstić information content (AvgIpc) is 3.50. The Morgan fingerprint density at radius 1 is 1.12 bits per heavy atom. The lowest BCUT2D eigenvalue weighted by Crippen LogP contribution is -2.51. The molecule has 5 rings (SSSR count). The summed E-state index contributed by atoms with van der Waals surface area (Å²) in [4.78, 5) is 41.5. The Bertz CT molecular complexity index is 1150. The number of piperidine rings is 1. The maximum absolute atomic E-state index is 13.3. The van der Waals surface area contributed by atoms with Crippen LogP contribution in [0.4, 0.5) is 4.79 Å². The third-order valence-electron chi connectivity index (χ3n) is 6.45. The van der Waals surface area contributed by atoms with Gasteiger partial charge in [-0.15, -0.1) is 0 Å². The number of likely N-dealkylation sites (tertiary alicyclic amines) is 2. The molecule has 0 saturated carbocycles. The number of imidazole rings is 1. The van der Waals surface area contributed by atoms with Crippen LogP contribution in [0, 0.1) is 0 Å². The first-order valence-corrected chi connectivity index (χ1v) is 11.4. The van der Waals surface area contributed by atoms with Crippen molar-refractivity contribution >= 4 is 34.1 Å². The van der Waals surface area contributed by atoms with E-state index < -0.39 is 17.7 Å². The molecule has 9 heteroatoms. The first-order valence-electron chi connectivity index (χ1n) is 11.4. The number of H-pyrrole nitrogens is 1. The molecule has 2 fully saturated rings. The molecular weight excluding hydrogens is 408 g/mol. The molecule has 3 aromatic heterocycles. The van der Waals surface area contributed by atoms with Crippen LogP contribution in [0.2, 0.25) is 0 Å². The van der Waals surface area contributed by atoms with Crippen LogP contribution in [-0.2, 0) is 9.53 Å². The average molecular weight is 439 g/mol. The molecule has 0 unspecified atom stereocenters. The van der Waals surface area contributed by atoms with E-state index in [1.165, 1.54) is 0 Å². The summed E-state index contributed by atoms with van der Waals surface area (Å²) in [5.74, 6) is 0.0412. The predicted octanol–water partition coefficient (Wildman–Crippen LogP) is 3.48. The number of ether oxygens (including phenoxy) is 1. The number of amides is 2. The molecule has 0 aliphatic carbocycles. The smallest absolute Gasteiger partial charge is 0.410 e. The van der Waals surface area contributed by atoms with E-state index in [0.717, 1.165) is 41.3 Å². The lowest BCUT2D eigenvalue weighted by atomic mass is 10.0. The number of carbonyl (C=O) groups excluding carboxylic acids is 2. The molecule has 170 valence electrons. The molecule has 2 aliphatic rings. The lowest BCUT2D eigenvalue weighted by Gasteiger charge is -2.36. The Morgan fingerprint density at radius 3 is 2.66 bits per heavy atom. The Morgan fingerprint density at radius 2 is 1.91 bits per heavy atom. The van der Waals surface area contributed by atoms with E-state index in [-0.39, 0.29) is 11.9 Å². The monoisotopic (exact) mass is 438 g/mol. The fourth-order valence-electron chi connectivity index (χ4n) is 4.95. The Labute approximate surface area is 186 Å². The van der Waals surface area contributed by atoms with E-state index in [9.17, 15) is 9.59 Å². The van der Waals surface area contributed by atoms with Crippen LogP contribution in [-0.4, -0.2) is 72.6 Å². The van der Waals surface area contributed by atoms with Crippen molar-refractivity contribution in [1.29, 1.82) is 0 Å². The van der Waals surface area contributed by atoms with Crippen LogP contribution >= 0.6 is 0 Å². The summed E-state index contributed by atoms with van der Waals surface area (Å²) in [5, 5.41) is 1.07. The summed E-state index contributed by atoms with van der Waals surface area (Å²) in [6.07, 6.45) is 8.42. The molecule has 0 spiro atoms. The molecule has 1 N–H and O–H groups in total. The van der Waals surface area contributed by atoms with E-state index in [1.807, 2.05) is 44.3 Å². The SMILES string of the molecule is CC(C)(C)OC(=O)N1CCC[C@@H]1C(=O)N1CCC(n2cnc3cnc4[nH]ccc4c32)CC1. The van der Waals surface area contributed by atoms with Gasteiger partial charge >= 0.3 is 6.09 Å². The molecule has 2 amide bonds. The second-order valence-electron chi connectivity index (χ2n) is 9.77. The fourth-order valence-corrected chi connectivity index (χ4v) is 4.95. The van der Waals surface area contributed by atoms with Crippen molar-refractivity contribution in [1.82, 2.24) is 29.3 Å². The maximum atomic E-state index is 13.3. The molecule has 2 saturated heterocycles. The lowest BCUT2D eigenvalue weighted by molar-refractivity contribution is -0.137. The molecule has 1 atom stereocenters. The van der Waals surface area contributed by atoms with E-state index in [2.05, 4.69) is 19.5 Å². The maximum Gasteiger partial charge on any atom is 0.410 e. The van der Waals surface area contributed by atoms with Gasteiger partial charge in [0.2, 0.25) is 5.91 Å². The van der Waals surface area contributed by atoms with Gasteiger partial charge in [0.1, 0.15) is 22.8 Å². The Hall–Kier alpha value is -3.10. The Balaban J connectivity index is 1.28. The zero-order valence-electron chi connectivity index (χ0n) is 18.9. The zero-order valence-corrected chi connectivity index (χ0v) is 18.9. The number of fused-ring (bicyclic) bond motifs is 3. The van der Waals surface area contributed by atoms with Crippen LogP contribution in [0.3, 0.4) is 0 Å². The van der Waals surface area contributed by atoms with Crippen molar-refractivity contribution in [3.8, 4) is 0 Å². The van der Waals surface area contributed by atoms with Crippen LogP contribution in [0.5, 0.6) is 0 Å². The van der Waals surface area contributed by atoms with Crippen molar-refractivity contribution in [3.63, 3.8) is 0 Å². The summed E-state index contributed by atoms with van der Waals surface area (Å²) < 4.78 is 7.76. The molecule has 0 aromatic carbocycles. The van der Waals surface area contributed by atoms with Gasteiger partial charge in [0.05, 0.1) is 18.0 Å². The van der Waals surface area contributed by atoms with Crippen LogP contribution in [0.1, 0.15) is 52.5 Å². The van der Waals surface area contributed by atoms with Crippen molar-refractivity contribution in [2.24, 2.45) is 0 Å². The van der Waals surface area contributed by atoms with Crippen molar-refractivity contribution < 1.29 is 14.3 Å². The third-order valence-corrected chi connectivity index (χ3v) is 6.45. The van der Waals surface area contributed by atoms with Gasteiger partial charge in [-0.25, -0.2) is 14.8 Å². The fraction of sp³-hybridized carbons (Fsp3) is 0.565. The summed E-state index contributed by atoms with van der Waals surface area (Å²) in [5.41, 5.74) is 2.26. The van der Waals surface area contributed by atoms with E-state index in [0.29, 0.717) is 26.1 Å². The molecule has 3 aromatic rings. The van der Waals surface area contributed by atoms with Crippen molar-refractivity contribution in [2.45, 2.75) is 64.1 Å². The molecule has 0 radical (unpaired) electrons. The Kier molecular flexibility index (Phi) is 5.06. The number of aromatic nitrogens is 4. The molecule has 9 nitrogen and oxygen atoms in total. The topological polar surface area (TPSA) is 96.3 Å². The zero-order chi connectivity index (χ0) is 22.5. The number of hydrogen-bond donors (Lipinski definition) is 1. The number of carbonyl (C=O) groups is 2. The molecule has 2 aliphatic heterocycles. The van der Waals surface area contributed by atoms with E-state index >= 15 is 0 Å². The number of nitrogens with one attached hydrogen (secondary N) is 1. The first-order chi connectivity index (χ1) is 15.3. The van der Waals surface area contributed by atoms with Crippen molar-refractivity contribution in [3.05, 3.63) is 24.8 Å². The molecular formula is C23H30N6O3. The van der Waals surface area contributed by atoms with Gasteiger partial charge in [0, 0.05) is 37.3 Å². The van der Waals surface area contributed by atoms with E-state index in [1.54, 1.807) is 11.1 Å². The van der Waals surface area contributed by atoms with Gasteiger partial charge in [-0.05, 0) is 52.5 Å². The highest BCUT2D eigenvalue weighted by Gasteiger charge is 2.39. The summed E-state index contributed by atoms with van der Waals surface area (Å²) in [7, 11) is 0. The van der Waals surface area contributed by atoms with Crippen LogP contribution < -0.4 is 0 Å². The minimum atomic E-state index is -0.570. The summed E-state index contributed by atoms with van der Waals surface area (Å²) in [6, 6.07) is 1.89. The summed E-state index contributed by atoms with van der Waals surface area (Å²) in [6.45, 7) is 7.45. The second-order valence-corrected chi connectivity index (χ2v) is 9.77. The first kappa shape index (κ1) is 20.8. The highest BCUT2D eigenvalue weighted by atomic mass is 16.6. The van der Waals surface area contributed by atoms with Crippen LogP contribution in [0.15, 0.2) is 24.8 Å². The number of nitrogens with zero attached hydrogens (tertiary/aromatic N) is 5. The molecule has 0 bridgehead atoms. The summed E-state index contributed by atoms with van der Waals surface area (Å²) >= 11 is 0. The number of hydrogen-bond acceptors (Lipinski definition) is 5. The predicted molar refractivity (Wildman–Crippen MR) is 120 cm³/mol. The second kappa shape index (κ2) is 7.79. The van der Waals surface area contributed by atoms with Crippen molar-refractivity contribution in [2.75, 3.05) is 19.6 Å². The number of rotatable bonds is 2. The van der Waals surface area contributed by atoms with Gasteiger partial charge in [-0.2, -0.15) is 0 Å². The number of pyridine rings is 1. The standard InChI is InChI=1S/C23H30N6O3/c1-23(2,3)32-22(31)28-10-4-5-18(28)21(30)27-11-7-15(8-12-27)29-14-26-17-13-25-20-16(19(17)29)6-9-24-20/h6,9,13-15,18H,4-5,7-8,10-12H2,1-3H3,(H,24,25)/t18-/m1/s1. The normalized spacial score (nSPS) is 20.4. The quantitative estimate of drug-likeness (QED) is 0.661. The van der Waals surface area contributed by atoms with Gasteiger partial charge in [-0.1, -0.05) is 0 Å². The molecule has 32 heavy (non-hydrogen) atoms.